The van der Waals surface area contributed by atoms with E-state index in [0.717, 1.165) is 44.3 Å². The van der Waals surface area contributed by atoms with Gasteiger partial charge in [-0.25, -0.2) is 0 Å². The Morgan fingerprint density at radius 2 is 1.76 bits per heavy atom. The molecular weight excluding hydrogens is 262 g/mol. The fourth-order valence-electron chi connectivity index (χ4n) is 3.74. The molecule has 3 rings (SSSR count). The highest BCUT2D eigenvalue weighted by molar-refractivity contribution is 5.79. The van der Waals surface area contributed by atoms with Crippen LogP contribution < -0.4 is 0 Å². The molecule has 1 saturated carbocycles. The molecule has 1 amide bonds. The highest BCUT2D eigenvalue weighted by Crippen LogP contribution is 2.29. The van der Waals surface area contributed by atoms with Crippen molar-refractivity contribution in [2.45, 2.75) is 45.1 Å². The Balaban J connectivity index is 1.52. The molecule has 1 N–H and O–H groups in total. The second-order valence-electron chi connectivity index (χ2n) is 6.60. The second kappa shape index (κ2) is 6.61. The molecule has 1 aromatic carbocycles. The summed E-state index contributed by atoms with van der Waals surface area (Å²) in [5, 5.41) is 9.07. The lowest BCUT2D eigenvalue weighted by Crippen LogP contribution is -2.33. The van der Waals surface area contributed by atoms with Crippen LogP contribution in [0.15, 0.2) is 24.3 Å². The first-order chi connectivity index (χ1) is 10.3. The molecule has 0 aromatic heterocycles. The molecule has 2 fully saturated rings. The monoisotopic (exact) mass is 287 g/mol. The minimum atomic E-state index is 0.105. The molecule has 1 atom stereocenters. The van der Waals surface area contributed by atoms with Gasteiger partial charge in [0, 0.05) is 19.0 Å². The number of benzene rings is 1. The summed E-state index contributed by atoms with van der Waals surface area (Å²) in [6.07, 6.45) is 6.82. The summed E-state index contributed by atoms with van der Waals surface area (Å²) in [7, 11) is 0. The number of hydrogen-bond donors (Lipinski definition) is 1. The van der Waals surface area contributed by atoms with Crippen LogP contribution in [0.4, 0.5) is 0 Å². The molecule has 114 valence electrons. The maximum absolute atomic E-state index is 12.4. The first-order valence-electron chi connectivity index (χ1n) is 8.23. The van der Waals surface area contributed by atoms with Gasteiger partial charge >= 0.3 is 0 Å². The van der Waals surface area contributed by atoms with E-state index in [9.17, 15) is 4.79 Å². The quantitative estimate of drug-likeness (QED) is 0.925. The molecule has 1 unspecified atom stereocenters. The molecule has 1 aliphatic heterocycles. The first-order valence-corrected chi connectivity index (χ1v) is 8.23. The number of aliphatic hydroxyl groups excluding tert-OH is 1. The lowest BCUT2D eigenvalue weighted by molar-refractivity contribution is -0.134. The molecule has 3 heteroatoms. The van der Waals surface area contributed by atoms with Crippen molar-refractivity contribution in [3.63, 3.8) is 0 Å². The van der Waals surface area contributed by atoms with Crippen molar-refractivity contribution in [2.24, 2.45) is 11.8 Å². The van der Waals surface area contributed by atoms with E-state index < -0.39 is 0 Å². The number of carbonyl (C=O) groups is 1. The van der Waals surface area contributed by atoms with Gasteiger partial charge < -0.3 is 10.0 Å². The van der Waals surface area contributed by atoms with E-state index in [1.165, 1.54) is 18.4 Å². The third-order valence-corrected chi connectivity index (χ3v) is 5.03. The van der Waals surface area contributed by atoms with Crippen LogP contribution in [0.2, 0.25) is 0 Å². The number of nitrogens with zero attached hydrogens (tertiary/aromatic N) is 1. The summed E-state index contributed by atoms with van der Waals surface area (Å²) in [6, 6.07) is 8.19. The Hall–Kier alpha value is -1.35. The van der Waals surface area contributed by atoms with Gasteiger partial charge in [0.25, 0.3) is 0 Å². The predicted octanol–water partition coefficient (Wildman–Crippen LogP) is 2.76. The Kier molecular flexibility index (Phi) is 4.59. The number of amides is 1. The molecule has 1 aromatic rings. The van der Waals surface area contributed by atoms with Crippen molar-refractivity contribution >= 4 is 5.91 Å². The van der Waals surface area contributed by atoms with Gasteiger partial charge in [0.2, 0.25) is 5.91 Å². The topological polar surface area (TPSA) is 40.5 Å². The van der Waals surface area contributed by atoms with Crippen LogP contribution >= 0.6 is 0 Å². The van der Waals surface area contributed by atoms with Gasteiger partial charge in [-0.1, -0.05) is 37.1 Å². The second-order valence-corrected chi connectivity index (χ2v) is 6.60. The van der Waals surface area contributed by atoms with Gasteiger partial charge in [-0.15, -0.1) is 0 Å². The van der Waals surface area contributed by atoms with Crippen molar-refractivity contribution in [3.05, 3.63) is 35.4 Å². The molecule has 1 heterocycles. The van der Waals surface area contributed by atoms with Crippen molar-refractivity contribution in [1.29, 1.82) is 0 Å². The van der Waals surface area contributed by atoms with E-state index >= 15 is 0 Å². The number of likely N-dealkylation sites (tertiary alicyclic amines) is 1. The fraction of sp³-hybridized carbons (Fsp3) is 0.611. The van der Waals surface area contributed by atoms with E-state index in [1.54, 1.807) is 0 Å². The molecule has 1 aliphatic carbocycles. The largest absolute Gasteiger partial charge is 0.392 e. The molecule has 3 nitrogen and oxygen atoms in total. The van der Waals surface area contributed by atoms with Gasteiger partial charge in [-0.3, -0.25) is 4.79 Å². The van der Waals surface area contributed by atoms with Gasteiger partial charge in [0.1, 0.15) is 0 Å². The van der Waals surface area contributed by atoms with Crippen molar-refractivity contribution in [3.8, 4) is 0 Å². The van der Waals surface area contributed by atoms with E-state index in [1.807, 2.05) is 12.1 Å². The summed E-state index contributed by atoms with van der Waals surface area (Å²) < 4.78 is 0. The summed E-state index contributed by atoms with van der Waals surface area (Å²) in [4.78, 5) is 14.5. The van der Waals surface area contributed by atoms with Crippen LogP contribution in [0.5, 0.6) is 0 Å². The summed E-state index contributed by atoms with van der Waals surface area (Å²) >= 11 is 0. The zero-order valence-electron chi connectivity index (χ0n) is 12.6. The molecule has 0 bridgehead atoms. The Labute approximate surface area is 127 Å². The summed E-state index contributed by atoms with van der Waals surface area (Å²) in [5.74, 6) is 1.31. The van der Waals surface area contributed by atoms with Gasteiger partial charge in [0.15, 0.2) is 0 Å². The first kappa shape index (κ1) is 14.6. The Morgan fingerprint density at radius 1 is 1.10 bits per heavy atom. The summed E-state index contributed by atoms with van der Waals surface area (Å²) in [5.41, 5.74) is 2.27. The zero-order valence-corrected chi connectivity index (χ0v) is 12.6. The molecule has 0 spiro atoms. The van der Waals surface area contributed by atoms with Crippen molar-refractivity contribution < 1.29 is 9.90 Å². The van der Waals surface area contributed by atoms with Crippen LogP contribution in [0.25, 0.3) is 0 Å². The Morgan fingerprint density at radius 3 is 2.43 bits per heavy atom. The molecule has 1 saturated heterocycles. The van der Waals surface area contributed by atoms with E-state index in [2.05, 4.69) is 17.0 Å². The van der Waals surface area contributed by atoms with Gasteiger partial charge in [-0.2, -0.15) is 0 Å². The standard InChI is InChI=1S/C18H25NO2/c20-13-15-7-5-14(6-8-15)11-16-9-10-19(12-16)18(21)17-3-1-2-4-17/h5-8,16-17,20H,1-4,9-13H2. The van der Waals surface area contributed by atoms with E-state index in [0.29, 0.717) is 17.7 Å². The highest BCUT2D eigenvalue weighted by Gasteiger charge is 2.32. The van der Waals surface area contributed by atoms with Crippen LogP contribution in [0.3, 0.4) is 0 Å². The number of carbonyl (C=O) groups excluding carboxylic acids is 1. The third-order valence-electron chi connectivity index (χ3n) is 5.03. The molecular formula is C18H25NO2. The number of hydrogen-bond acceptors (Lipinski definition) is 2. The minimum Gasteiger partial charge on any atom is -0.392 e. The summed E-state index contributed by atoms with van der Waals surface area (Å²) in [6.45, 7) is 1.97. The predicted molar refractivity (Wildman–Crippen MR) is 82.7 cm³/mol. The van der Waals surface area contributed by atoms with Crippen LogP contribution in [-0.2, 0) is 17.8 Å². The molecule has 0 radical (unpaired) electrons. The van der Waals surface area contributed by atoms with Crippen LogP contribution in [0.1, 0.15) is 43.2 Å². The SMILES string of the molecule is O=C(C1CCCC1)N1CCC(Cc2ccc(CO)cc2)C1. The zero-order chi connectivity index (χ0) is 14.7. The minimum absolute atomic E-state index is 0.105. The maximum Gasteiger partial charge on any atom is 0.225 e. The van der Waals surface area contributed by atoms with E-state index in [-0.39, 0.29) is 6.61 Å². The smallest absolute Gasteiger partial charge is 0.225 e. The van der Waals surface area contributed by atoms with Gasteiger partial charge in [0.05, 0.1) is 6.61 Å². The molecule has 21 heavy (non-hydrogen) atoms. The van der Waals surface area contributed by atoms with E-state index in [4.69, 9.17) is 5.11 Å². The fourth-order valence-corrected chi connectivity index (χ4v) is 3.74. The third kappa shape index (κ3) is 3.46. The Bertz CT molecular complexity index is 476. The number of rotatable bonds is 4. The normalized spacial score (nSPS) is 22.9. The van der Waals surface area contributed by atoms with Crippen molar-refractivity contribution in [2.75, 3.05) is 13.1 Å². The maximum atomic E-state index is 12.4. The van der Waals surface area contributed by atoms with Crippen molar-refractivity contribution in [1.82, 2.24) is 4.90 Å². The average Bonchev–Trinajstić information content (AvgIpc) is 3.19. The lowest BCUT2D eigenvalue weighted by atomic mass is 9.98. The van der Waals surface area contributed by atoms with Gasteiger partial charge in [-0.05, 0) is 42.7 Å². The lowest BCUT2D eigenvalue weighted by Gasteiger charge is -2.20. The highest BCUT2D eigenvalue weighted by atomic mass is 16.3. The number of aliphatic hydroxyl groups is 1. The average molecular weight is 287 g/mol. The molecule has 2 aliphatic rings. The van der Waals surface area contributed by atoms with Crippen LogP contribution in [-0.4, -0.2) is 29.0 Å². The van der Waals surface area contributed by atoms with Crippen LogP contribution in [0, 0.1) is 11.8 Å².